The number of anilines is 1. The number of rotatable bonds is 7. The van der Waals surface area contributed by atoms with Gasteiger partial charge in [-0.15, -0.1) is 0 Å². The molecule has 3 N–H and O–H groups in total. The quantitative estimate of drug-likeness (QED) is 0.767. The molecule has 0 saturated carbocycles. The van der Waals surface area contributed by atoms with Crippen molar-refractivity contribution in [1.82, 2.24) is 14.5 Å². The van der Waals surface area contributed by atoms with E-state index in [1.807, 2.05) is 6.92 Å². The van der Waals surface area contributed by atoms with E-state index in [2.05, 4.69) is 9.82 Å². The summed E-state index contributed by atoms with van der Waals surface area (Å²) in [5, 5.41) is 4.01. The molecule has 0 radical (unpaired) electrons. The Morgan fingerprint density at radius 3 is 3.05 bits per heavy atom. The fourth-order valence-corrected chi connectivity index (χ4v) is 3.37. The first-order chi connectivity index (χ1) is 9.53. The van der Waals surface area contributed by atoms with E-state index in [9.17, 15) is 8.42 Å². The SMILES string of the molecule is CCCn1cc(S(=O)(=O)NCCC2CCOC2)c(N)n1. The minimum absolute atomic E-state index is 0.0511. The van der Waals surface area contributed by atoms with Crippen molar-refractivity contribution in [3.8, 4) is 0 Å². The van der Waals surface area contributed by atoms with Gasteiger partial charge in [0, 0.05) is 32.5 Å². The molecule has 0 aromatic carbocycles. The Hall–Kier alpha value is -1.12. The minimum Gasteiger partial charge on any atom is -0.381 e. The third-order valence-electron chi connectivity index (χ3n) is 3.37. The van der Waals surface area contributed by atoms with Gasteiger partial charge in [-0.05, 0) is 25.2 Å². The predicted molar refractivity (Wildman–Crippen MR) is 75.7 cm³/mol. The molecule has 1 aliphatic heterocycles. The lowest BCUT2D eigenvalue weighted by Gasteiger charge is -2.08. The van der Waals surface area contributed by atoms with E-state index >= 15 is 0 Å². The van der Waals surface area contributed by atoms with Gasteiger partial charge in [0.2, 0.25) is 10.0 Å². The zero-order chi connectivity index (χ0) is 14.6. The van der Waals surface area contributed by atoms with Gasteiger partial charge in [0.25, 0.3) is 0 Å². The monoisotopic (exact) mass is 302 g/mol. The zero-order valence-corrected chi connectivity index (χ0v) is 12.5. The summed E-state index contributed by atoms with van der Waals surface area (Å²) in [4.78, 5) is 0.0635. The van der Waals surface area contributed by atoms with Gasteiger partial charge < -0.3 is 10.5 Å². The summed E-state index contributed by atoms with van der Waals surface area (Å²) >= 11 is 0. The summed E-state index contributed by atoms with van der Waals surface area (Å²) in [5.74, 6) is 0.494. The first-order valence-electron chi connectivity index (χ1n) is 6.93. The van der Waals surface area contributed by atoms with Crippen molar-refractivity contribution in [2.24, 2.45) is 5.92 Å². The van der Waals surface area contributed by atoms with Crippen LogP contribution in [0.1, 0.15) is 26.2 Å². The summed E-state index contributed by atoms with van der Waals surface area (Å²) in [5.41, 5.74) is 5.68. The molecular weight excluding hydrogens is 280 g/mol. The molecule has 2 rings (SSSR count). The van der Waals surface area contributed by atoms with Crippen LogP contribution in [-0.4, -0.2) is 38.0 Å². The molecule has 1 aliphatic rings. The number of nitrogens with zero attached hydrogens (tertiary/aromatic N) is 2. The van der Waals surface area contributed by atoms with E-state index in [1.54, 1.807) is 4.68 Å². The normalized spacial score (nSPS) is 19.6. The number of hydrogen-bond donors (Lipinski definition) is 2. The van der Waals surface area contributed by atoms with Gasteiger partial charge in [-0.25, -0.2) is 13.1 Å². The molecular formula is C12H22N4O3S. The Morgan fingerprint density at radius 2 is 2.40 bits per heavy atom. The van der Waals surface area contributed by atoms with Crippen molar-refractivity contribution < 1.29 is 13.2 Å². The van der Waals surface area contributed by atoms with E-state index in [0.29, 0.717) is 19.0 Å². The van der Waals surface area contributed by atoms with Crippen LogP contribution in [0, 0.1) is 5.92 Å². The third kappa shape index (κ3) is 3.71. The molecule has 8 heteroatoms. The molecule has 1 fully saturated rings. The highest BCUT2D eigenvalue weighted by Crippen LogP contribution is 2.18. The lowest BCUT2D eigenvalue weighted by Crippen LogP contribution is -2.26. The topological polar surface area (TPSA) is 99.2 Å². The molecule has 7 nitrogen and oxygen atoms in total. The molecule has 1 atom stereocenters. The van der Waals surface area contributed by atoms with E-state index in [4.69, 9.17) is 10.5 Å². The van der Waals surface area contributed by atoms with Crippen molar-refractivity contribution in [1.29, 1.82) is 0 Å². The average molecular weight is 302 g/mol. The van der Waals surface area contributed by atoms with E-state index in [-0.39, 0.29) is 10.7 Å². The van der Waals surface area contributed by atoms with E-state index < -0.39 is 10.0 Å². The van der Waals surface area contributed by atoms with E-state index in [0.717, 1.165) is 32.5 Å². The van der Waals surface area contributed by atoms with Gasteiger partial charge in [0.1, 0.15) is 4.90 Å². The van der Waals surface area contributed by atoms with Gasteiger partial charge in [0.05, 0.1) is 0 Å². The number of nitrogens with one attached hydrogen (secondary N) is 1. The Labute approximate surface area is 119 Å². The maximum absolute atomic E-state index is 12.2. The van der Waals surface area contributed by atoms with Gasteiger partial charge in [-0.2, -0.15) is 5.10 Å². The minimum atomic E-state index is -3.58. The number of aryl methyl sites for hydroxylation is 1. The highest BCUT2D eigenvalue weighted by molar-refractivity contribution is 7.89. The fourth-order valence-electron chi connectivity index (χ4n) is 2.25. The van der Waals surface area contributed by atoms with Crippen molar-refractivity contribution in [2.75, 3.05) is 25.5 Å². The second-order valence-electron chi connectivity index (χ2n) is 5.06. The molecule has 114 valence electrons. The second kappa shape index (κ2) is 6.55. The molecule has 0 aliphatic carbocycles. The molecule has 2 heterocycles. The maximum atomic E-state index is 12.2. The average Bonchev–Trinajstić information content (AvgIpc) is 2.99. The van der Waals surface area contributed by atoms with Crippen molar-refractivity contribution in [3.05, 3.63) is 6.20 Å². The van der Waals surface area contributed by atoms with Crippen LogP contribution in [0.5, 0.6) is 0 Å². The number of aromatic nitrogens is 2. The van der Waals surface area contributed by atoms with Crippen LogP contribution >= 0.6 is 0 Å². The highest BCUT2D eigenvalue weighted by atomic mass is 32.2. The lowest BCUT2D eigenvalue weighted by atomic mass is 10.1. The number of nitrogens with two attached hydrogens (primary N) is 1. The summed E-state index contributed by atoms with van der Waals surface area (Å²) < 4.78 is 33.7. The third-order valence-corrected chi connectivity index (χ3v) is 4.84. The van der Waals surface area contributed by atoms with Crippen LogP contribution < -0.4 is 10.5 Å². The zero-order valence-electron chi connectivity index (χ0n) is 11.7. The molecule has 0 amide bonds. The van der Waals surface area contributed by atoms with Gasteiger partial charge >= 0.3 is 0 Å². The molecule has 1 unspecified atom stereocenters. The number of sulfonamides is 1. The van der Waals surface area contributed by atoms with Crippen LogP contribution in [-0.2, 0) is 21.3 Å². The first kappa shape index (κ1) is 15.3. The van der Waals surface area contributed by atoms with Crippen molar-refractivity contribution in [2.45, 2.75) is 37.6 Å². The molecule has 20 heavy (non-hydrogen) atoms. The Balaban J connectivity index is 1.94. The van der Waals surface area contributed by atoms with Gasteiger partial charge in [0.15, 0.2) is 5.82 Å². The molecule has 1 aromatic rings. The Morgan fingerprint density at radius 1 is 1.60 bits per heavy atom. The summed E-state index contributed by atoms with van der Waals surface area (Å²) in [7, 11) is -3.58. The standard InChI is InChI=1S/C12H22N4O3S/c1-2-6-16-8-11(12(13)15-16)20(17,18)14-5-3-10-4-7-19-9-10/h8,10,14H,2-7,9H2,1H3,(H2,13,15). The number of nitrogen functional groups attached to an aromatic ring is 1. The molecule has 1 saturated heterocycles. The van der Waals surface area contributed by atoms with Crippen LogP contribution in [0.3, 0.4) is 0 Å². The van der Waals surface area contributed by atoms with Crippen LogP contribution in [0.2, 0.25) is 0 Å². The Kier molecular flexibility index (Phi) is 5.00. The predicted octanol–water partition coefficient (Wildman–Crippen LogP) is 0.580. The van der Waals surface area contributed by atoms with Crippen LogP contribution in [0.25, 0.3) is 0 Å². The molecule has 0 bridgehead atoms. The smallest absolute Gasteiger partial charge is 0.245 e. The van der Waals surface area contributed by atoms with Gasteiger partial charge in [-0.1, -0.05) is 6.92 Å². The van der Waals surface area contributed by atoms with Crippen molar-refractivity contribution in [3.63, 3.8) is 0 Å². The Bertz CT molecular complexity index is 535. The maximum Gasteiger partial charge on any atom is 0.245 e. The largest absolute Gasteiger partial charge is 0.381 e. The van der Waals surface area contributed by atoms with Gasteiger partial charge in [-0.3, -0.25) is 4.68 Å². The lowest BCUT2D eigenvalue weighted by molar-refractivity contribution is 0.184. The van der Waals surface area contributed by atoms with Crippen LogP contribution in [0.15, 0.2) is 11.1 Å². The number of hydrogen-bond acceptors (Lipinski definition) is 5. The fraction of sp³-hybridized carbons (Fsp3) is 0.750. The highest BCUT2D eigenvalue weighted by Gasteiger charge is 2.22. The second-order valence-corrected chi connectivity index (χ2v) is 6.79. The first-order valence-corrected chi connectivity index (χ1v) is 8.41. The molecule has 0 spiro atoms. The van der Waals surface area contributed by atoms with Crippen LogP contribution in [0.4, 0.5) is 5.82 Å². The number of ether oxygens (including phenoxy) is 1. The van der Waals surface area contributed by atoms with Crippen molar-refractivity contribution >= 4 is 15.8 Å². The summed E-state index contributed by atoms with van der Waals surface area (Å²) in [6.07, 6.45) is 4.14. The molecule has 1 aromatic heterocycles. The van der Waals surface area contributed by atoms with E-state index in [1.165, 1.54) is 6.20 Å². The summed E-state index contributed by atoms with van der Waals surface area (Å²) in [6, 6.07) is 0. The summed E-state index contributed by atoms with van der Waals surface area (Å²) in [6.45, 7) is 4.54.